The highest BCUT2D eigenvalue weighted by Crippen LogP contribution is 2.33. The maximum atomic E-state index is 12.4. The summed E-state index contributed by atoms with van der Waals surface area (Å²) in [5, 5.41) is 9.38. The van der Waals surface area contributed by atoms with Crippen LogP contribution in [0.2, 0.25) is 0 Å². The molecule has 1 heterocycles. The van der Waals surface area contributed by atoms with Crippen LogP contribution in [0.15, 0.2) is 52.3 Å². The Morgan fingerprint density at radius 3 is 2.31 bits per heavy atom. The van der Waals surface area contributed by atoms with Gasteiger partial charge in [-0.05, 0) is 52.7 Å². The topological polar surface area (TPSA) is 93.1 Å². The van der Waals surface area contributed by atoms with Crippen molar-refractivity contribution in [2.45, 2.75) is 6.92 Å². The number of ether oxygens (including phenoxy) is 2. The lowest BCUT2D eigenvalue weighted by Crippen LogP contribution is -2.27. The number of hydrogen-bond donors (Lipinski definition) is 1. The molecule has 0 fully saturated rings. The lowest BCUT2D eigenvalue weighted by Gasteiger charge is -2.25. The summed E-state index contributed by atoms with van der Waals surface area (Å²) >= 11 is 3.22. The van der Waals surface area contributed by atoms with Crippen LogP contribution in [0.25, 0.3) is 0 Å². The smallest absolute Gasteiger partial charge is 0.355 e. The highest BCUT2D eigenvalue weighted by molar-refractivity contribution is 9.10. The first-order chi connectivity index (χ1) is 12.3. The Labute approximate surface area is 158 Å². The molecule has 1 N–H and O–H groups in total. The number of esters is 2. The molecule has 1 aliphatic rings. The Kier molecular flexibility index (Phi) is 5.99. The fourth-order valence-electron chi connectivity index (χ4n) is 2.44. The zero-order valence-corrected chi connectivity index (χ0v) is 15.9. The molecule has 0 aliphatic carbocycles. The minimum atomic E-state index is -1.13. The molecule has 0 bridgehead atoms. The van der Waals surface area contributed by atoms with Gasteiger partial charge in [-0.1, -0.05) is 6.08 Å². The summed E-state index contributed by atoms with van der Waals surface area (Å²) in [5.74, 6) is -2.61. The number of halogens is 1. The molecular formula is C18H16BrNO6. The number of carboxylic acids is 1. The number of carbonyl (C=O) groups excluding carboxylic acids is 2. The van der Waals surface area contributed by atoms with E-state index in [0.717, 1.165) is 0 Å². The second kappa shape index (κ2) is 8.01. The molecule has 0 atom stereocenters. The van der Waals surface area contributed by atoms with Crippen LogP contribution in [-0.4, -0.2) is 37.2 Å². The van der Waals surface area contributed by atoms with Gasteiger partial charge in [-0.3, -0.25) is 0 Å². The van der Waals surface area contributed by atoms with Crippen molar-refractivity contribution >= 4 is 39.5 Å². The third-order valence-electron chi connectivity index (χ3n) is 3.66. The third kappa shape index (κ3) is 3.70. The Hall–Kier alpha value is -2.87. The number of benzene rings is 1. The second-order valence-corrected chi connectivity index (χ2v) is 6.09. The summed E-state index contributed by atoms with van der Waals surface area (Å²) in [6.45, 7) is 1.75. The van der Waals surface area contributed by atoms with Crippen molar-refractivity contribution in [1.82, 2.24) is 0 Å². The lowest BCUT2D eigenvalue weighted by atomic mass is 10.1. The normalized spacial score (nSPS) is 13.5. The second-order valence-electron chi connectivity index (χ2n) is 5.24. The molecule has 1 aromatic carbocycles. The van der Waals surface area contributed by atoms with E-state index in [1.54, 1.807) is 31.3 Å². The number of rotatable bonds is 4. The van der Waals surface area contributed by atoms with E-state index in [4.69, 9.17) is 9.47 Å². The van der Waals surface area contributed by atoms with Gasteiger partial charge >= 0.3 is 17.9 Å². The van der Waals surface area contributed by atoms with Crippen LogP contribution < -0.4 is 4.90 Å². The zero-order valence-electron chi connectivity index (χ0n) is 14.3. The Balaban J connectivity index is 2.77. The number of carboxylic acid groups (broad SMARTS) is 1. The van der Waals surface area contributed by atoms with Gasteiger partial charge in [0.2, 0.25) is 0 Å². The molecule has 2 rings (SSSR count). The molecule has 26 heavy (non-hydrogen) atoms. The summed E-state index contributed by atoms with van der Waals surface area (Å²) in [4.78, 5) is 37.4. The van der Waals surface area contributed by atoms with E-state index >= 15 is 0 Å². The van der Waals surface area contributed by atoms with Crippen molar-refractivity contribution in [3.63, 3.8) is 0 Å². The van der Waals surface area contributed by atoms with E-state index in [9.17, 15) is 19.5 Å². The molecular weight excluding hydrogens is 406 g/mol. The van der Waals surface area contributed by atoms with Crippen molar-refractivity contribution in [3.8, 4) is 0 Å². The number of aryl methyl sites for hydroxylation is 1. The molecule has 0 saturated carbocycles. The zero-order chi connectivity index (χ0) is 19.4. The number of allylic oxidation sites excluding steroid dienone is 2. The minimum absolute atomic E-state index is 0.0106. The van der Waals surface area contributed by atoms with Crippen molar-refractivity contribution in [1.29, 1.82) is 0 Å². The predicted molar refractivity (Wildman–Crippen MR) is 97.7 cm³/mol. The molecule has 0 unspecified atom stereocenters. The third-order valence-corrected chi connectivity index (χ3v) is 4.32. The van der Waals surface area contributed by atoms with Crippen LogP contribution in [0.5, 0.6) is 0 Å². The number of aromatic carboxylic acids is 1. The number of carbonyl (C=O) groups is 3. The first-order valence-corrected chi connectivity index (χ1v) is 8.19. The maximum Gasteiger partial charge on any atom is 0.355 e. The van der Waals surface area contributed by atoms with Crippen molar-refractivity contribution in [2.24, 2.45) is 0 Å². The Morgan fingerprint density at radius 2 is 1.73 bits per heavy atom. The molecule has 0 amide bonds. The van der Waals surface area contributed by atoms with E-state index in [-0.39, 0.29) is 16.8 Å². The predicted octanol–water partition coefficient (Wildman–Crippen LogP) is 2.95. The molecule has 1 aliphatic heterocycles. The first-order valence-electron chi connectivity index (χ1n) is 7.40. The molecule has 0 aromatic heterocycles. The highest BCUT2D eigenvalue weighted by Gasteiger charge is 2.29. The fraction of sp³-hybridized carbons (Fsp3) is 0.167. The first kappa shape index (κ1) is 19.5. The minimum Gasteiger partial charge on any atom is -0.478 e. The van der Waals surface area contributed by atoms with Gasteiger partial charge in [0, 0.05) is 16.4 Å². The van der Waals surface area contributed by atoms with Gasteiger partial charge in [-0.2, -0.15) is 0 Å². The van der Waals surface area contributed by atoms with Gasteiger partial charge in [-0.15, -0.1) is 0 Å². The standard InChI is InChI=1S/C18H16BrNO6/c1-10-8-13(19)12(16(21)22)9-14(10)20-7-5-4-6-11(17(23)25-2)15(20)18(24)26-3/h4-9H,1-3H3,(H,21,22). The van der Waals surface area contributed by atoms with Gasteiger partial charge in [-0.25, -0.2) is 14.4 Å². The van der Waals surface area contributed by atoms with Gasteiger partial charge in [0.1, 0.15) is 5.70 Å². The van der Waals surface area contributed by atoms with Crippen LogP contribution in [0.3, 0.4) is 0 Å². The highest BCUT2D eigenvalue weighted by atomic mass is 79.9. The summed E-state index contributed by atoms with van der Waals surface area (Å²) in [6.07, 6.45) is 6.16. The van der Waals surface area contributed by atoms with Crippen LogP contribution in [0.4, 0.5) is 5.69 Å². The molecule has 0 saturated heterocycles. The Bertz CT molecular complexity index is 869. The number of anilines is 1. The van der Waals surface area contributed by atoms with Crippen LogP contribution in [-0.2, 0) is 19.1 Å². The quantitative estimate of drug-likeness (QED) is 0.746. The lowest BCUT2D eigenvalue weighted by molar-refractivity contribution is -0.139. The van der Waals surface area contributed by atoms with E-state index in [2.05, 4.69) is 15.9 Å². The maximum absolute atomic E-state index is 12.4. The SMILES string of the molecule is COC(=O)C1=C(C(=O)OC)N(c2cc(C(=O)O)c(Br)cc2C)C=CC=C1. The van der Waals surface area contributed by atoms with Crippen molar-refractivity contribution in [2.75, 3.05) is 19.1 Å². The van der Waals surface area contributed by atoms with E-state index < -0.39 is 17.9 Å². The van der Waals surface area contributed by atoms with Gasteiger partial charge < -0.3 is 19.5 Å². The summed E-state index contributed by atoms with van der Waals surface area (Å²) < 4.78 is 9.98. The van der Waals surface area contributed by atoms with Crippen LogP contribution in [0, 0.1) is 6.92 Å². The molecule has 8 heteroatoms. The molecule has 1 aromatic rings. The fourth-order valence-corrected chi connectivity index (χ4v) is 3.06. The summed E-state index contributed by atoms with van der Waals surface area (Å²) in [6, 6.07) is 3.03. The molecule has 0 radical (unpaired) electrons. The number of methoxy groups -OCH3 is 2. The average Bonchev–Trinajstić information content (AvgIpc) is 2.83. The largest absolute Gasteiger partial charge is 0.478 e. The molecule has 7 nitrogen and oxygen atoms in total. The summed E-state index contributed by atoms with van der Waals surface area (Å²) in [5.41, 5.74) is 1.01. The summed E-state index contributed by atoms with van der Waals surface area (Å²) in [7, 11) is 2.39. The number of hydrogen-bond acceptors (Lipinski definition) is 6. The van der Waals surface area contributed by atoms with Gasteiger partial charge in [0.15, 0.2) is 0 Å². The molecule has 0 spiro atoms. The number of nitrogens with zero attached hydrogens (tertiary/aromatic N) is 1. The van der Waals surface area contributed by atoms with Gasteiger partial charge in [0.05, 0.1) is 25.4 Å². The van der Waals surface area contributed by atoms with E-state index in [1.807, 2.05) is 0 Å². The van der Waals surface area contributed by atoms with Crippen molar-refractivity contribution < 1.29 is 29.0 Å². The van der Waals surface area contributed by atoms with Crippen molar-refractivity contribution in [3.05, 3.63) is 63.4 Å². The van der Waals surface area contributed by atoms with E-state index in [0.29, 0.717) is 15.7 Å². The Morgan fingerprint density at radius 1 is 1.08 bits per heavy atom. The van der Waals surface area contributed by atoms with Gasteiger partial charge in [0.25, 0.3) is 0 Å². The molecule has 136 valence electrons. The van der Waals surface area contributed by atoms with Crippen LogP contribution >= 0.6 is 15.9 Å². The average molecular weight is 422 g/mol. The van der Waals surface area contributed by atoms with Crippen LogP contribution in [0.1, 0.15) is 15.9 Å². The monoisotopic (exact) mass is 421 g/mol. The van der Waals surface area contributed by atoms with E-state index in [1.165, 1.54) is 31.3 Å².